The average molecular weight is 394 g/mol. The van der Waals surface area contributed by atoms with E-state index >= 15 is 0 Å². The van der Waals surface area contributed by atoms with E-state index in [1.807, 2.05) is 0 Å². The molecule has 0 amide bonds. The van der Waals surface area contributed by atoms with Gasteiger partial charge in [-0.15, -0.1) is 0 Å². The lowest BCUT2D eigenvalue weighted by Gasteiger charge is -2.23. The number of ketones is 2. The van der Waals surface area contributed by atoms with Crippen LogP contribution < -0.4 is 11.1 Å². The number of rotatable bonds is 2. The van der Waals surface area contributed by atoms with Gasteiger partial charge < -0.3 is 21.3 Å². The summed E-state index contributed by atoms with van der Waals surface area (Å²) in [6.45, 7) is 0. The third-order valence-corrected chi connectivity index (χ3v) is 4.79. The molecule has 0 spiro atoms. The molecule has 0 saturated carbocycles. The van der Waals surface area contributed by atoms with Gasteiger partial charge in [-0.2, -0.15) is 8.42 Å². The Labute approximate surface area is 151 Å². The van der Waals surface area contributed by atoms with E-state index in [-0.39, 0.29) is 11.1 Å². The molecular formula is C15H10N2O7S2. The Morgan fingerprint density at radius 1 is 1.00 bits per heavy atom. The maximum Gasteiger partial charge on any atom is 0.302 e. The summed E-state index contributed by atoms with van der Waals surface area (Å²) in [7, 11) is -5.16. The van der Waals surface area contributed by atoms with Crippen molar-refractivity contribution in [2.24, 2.45) is 5.73 Å². The molecule has 11 heteroatoms. The van der Waals surface area contributed by atoms with E-state index in [0.29, 0.717) is 0 Å². The summed E-state index contributed by atoms with van der Waals surface area (Å²) in [5, 5.41) is 22.3. The van der Waals surface area contributed by atoms with Crippen molar-refractivity contribution in [2.45, 2.75) is 4.90 Å². The van der Waals surface area contributed by atoms with Crippen LogP contribution in [0.1, 0.15) is 31.8 Å². The van der Waals surface area contributed by atoms with Crippen LogP contribution >= 0.6 is 12.2 Å². The molecule has 0 aliphatic heterocycles. The molecule has 1 aliphatic carbocycles. The molecule has 6 N–H and O–H groups in total. The lowest BCUT2D eigenvalue weighted by atomic mass is 9.82. The Kier molecular flexibility index (Phi) is 3.94. The third kappa shape index (κ3) is 2.49. The molecule has 0 heterocycles. The number of nitrogens with one attached hydrogen (secondary N) is 1. The first-order valence-electron chi connectivity index (χ1n) is 6.90. The van der Waals surface area contributed by atoms with Crippen molar-refractivity contribution in [2.75, 3.05) is 5.32 Å². The van der Waals surface area contributed by atoms with Crippen LogP contribution in [0.5, 0.6) is 11.5 Å². The minimum absolute atomic E-state index is 0.0191. The molecule has 0 radical (unpaired) electrons. The number of aromatic hydroxyl groups is 2. The van der Waals surface area contributed by atoms with Gasteiger partial charge in [-0.25, -0.2) is 0 Å². The highest BCUT2D eigenvalue weighted by atomic mass is 32.2. The molecule has 2 aromatic carbocycles. The number of nitrogens with two attached hydrogens (primary N) is 1. The highest BCUT2D eigenvalue weighted by Gasteiger charge is 2.40. The summed E-state index contributed by atoms with van der Waals surface area (Å²) >= 11 is 4.64. The maximum absolute atomic E-state index is 12.8. The number of carbonyl (C=O) groups excluding carboxylic acids is 2. The second-order valence-electron chi connectivity index (χ2n) is 5.32. The van der Waals surface area contributed by atoms with Crippen molar-refractivity contribution < 1.29 is 32.8 Å². The average Bonchev–Trinajstić information content (AvgIpc) is 2.53. The van der Waals surface area contributed by atoms with Gasteiger partial charge in [0.15, 0.2) is 33.1 Å². The number of phenols is 2. The zero-order valence-corrected chi connectivity index (χ0v) is 14.3. The second kappa shape index (κ2) is 5.76. The molecule has 0 atom stereocenters. The Balaban J connectivity index is 2.51. The lowest BCUT2D eigenvalue weighted by Crippen LogP contribution is -2.27. The van der Waals surface area contributed by atoms with E-state index in [9.17, 15) is 32.8 Å². The highest BCUT2D eigenvalue weighted by molar-refractivity contribution is 7.86. The topological polar surface area (TPSA) is 167 Å². The smallest absolute Gasteiger partial charge is 0.302 e. The maximum atomic E-state index is 12.8. The normalized spacial score (nSPS) is 13.1. The van der Waals surface area contributed by atoms with Crippen LogP contribution in [-0.4, -0.2) is 39.9 Å². The third-order valence-electron chi connectivity index (χ3n) is 3.78. The lowest BCUT2D eigenvalue weighted by molar-refractivity contribution is 0.0976. The van der Waals surface area contributed by atoms with Crippen molar-refractivity contribution >= 4 is 44.7 Å². The monoisotopic (exact) mass is 394 g/mol. The van der Waals surface area contributed by atoms with Gasteiger partial charge in [0.05, 0.1) is 16.8 Å². The molecule has 1 aliphatic rings. The molecule has 26 heavy (non-hydrogen) atoms. The molecule has 2 aromatic rings. The van der Waals surface area contributed by atoms with Gasteiger partial charge in [0, 0.05) is 11.1 Å². The Morgan fingerprint density at radius 3 is 1.96 bits per heavy atom. The fourth-order valence-electron chi connectivity index (χ4n) is 2.79. The van der Waals surface area contributed by atoms with Crippen molar-refractivity contribution in [3.8, 4) is 11.5 Å². The zero-order valence-electron chi connectivity index (χ0n) is 12.7. The van der Waals surface area contributed by atoms with Crippen LogP contribution in [0.3, 0.4) is 0 Å². The van der Waals surface area contributed by atoms with Gasteiger partial charge in [-0.3, -0.25) is 14.1 Å². The van der Waals surface area contributed by atoms with Crippen molar-refractivity contribution in [1.29, 1.82) is 0 Å². The number of anilines is 1. The fourth-order valence-corrected chi connectivity index (χ4v) is 3.58. The summed E-state index contributed by atoms with van der Waals surface area (Å²) < 4.78 is 32.5. The van der Waals surface area contributed by atoms with E-state index in [4.69, 9.17) is 5.73 Å². The molecule has 0 fully saturated rings. The highest BCUT2D eigenvalue weighted by Crippen LogP contribution is 2.47. The van der Waals surface area contributed by atoms with Crippen LogP contribution in [0.25, 0.3) is 0 Å². The van der Waals surface area contributed by atoms with Crippen molar-refractivity contribution in [3.05, 3.63) is 46.5 Å². The number of hydrogen-bond acceptors (Lipinski definition) is 7. The first kappa shape index (κ1) is 17.8. The van der Waals surface area contributed by atoms with Gasteiger partial charge in [0.1, 0.15) is 0 Å². The predicted octanol–water partition coefficient (Wildman–Crippen LogP) is 0.775. The zero-order chi connectivity index (χ0) is 19.4. The molecule has 0 unspecified atom stereocenters. The standard InChI is InChI=1S/C15H10N2O7S2/c16-15(25)17-9-7-8(12(20)14(13(9)21)26(22,23)24)11(19)6-4-2-1-3-5(6)10(7)18/h1-4,20-21H,(H3,16,17,25)(H,22,23,24). The van der Waals surface area contributed by atoms with Crippen LogP contribution in [0.2, 0.25) is 0 Å². The Hall–Kier alpha value is -3.02. The first-order chi connectivity index (χ1) is 12.1. The number of carbonyl (C=O) groups is 2. The molecule has 3 rings (SSSR count). The number of phenolic OH excluding ortho intramolecular Hbond substituents is 2. The molecule has 0 saturated heterocycles. The SMILES string of the molecule is NC(=S)Nc1c(O)c(S(=O)(=O)O)c(O)c2c1C(=O)c1ccccc1C2=O. The van der Waals surface area contributed by atoms with Crippen LogP contribution in [0.15, 0.2) is 29.2 Å². The molecule has 134 valence electrons. The quantitative estimate of drug-likeness (QED) is 0.181. The summed E-state index contributed by atoms with van der Waals surface area (Å²) in [4.78, 5) is 24.2. The van der Waals surface area contributed by atoms with E-state index in [2.05, 4.69) is 17.5 Å². The first-order valence-corrected chi connectivity index (χ1v) is 8.74. The van der Waals surface area contributed by atoms with E-state index in [1.54, 1.807) is 0 Å². The summed E-state index contributed by atoms with van der Waals surface area (Å²) in [5.74, 6) is -4.09. The number of hydrogen-bond donors (Lipinski definition) is 5. The molecule has 9 nitrogen and oxygen atoms in total. The Bertz CT molecular complexity index is 1120. The van der Waals surface area contributed by atoms with Gasteiger partial charge in [0.2, 0.25) is 0 Å². The van der Waals surface area contributed by atoms with Crippen LogP contribution in [0.4, 0.5) is 5.69 Å². The van der Waals surface area contributed by atoms with Gasteiger partial charge in [0.25, 0.3) is 0 Å². The minimum atomic E-state index is -5.16. The van der Waals surface area contributed by atoms with Gasteiger partial charge >= 0.3 is 10.1 Å². The summed E-state index contributed by atoms with van der Waals surface area (Å²) in [6.07, 6.45) is 0. The van der Waals surface area contributed by atoms with E-state index in [1.165, 1.54) is 24.3 Å². The van der Waals surface area contributed by atoms with Crippen LogP contribution in [-0.2, 0) is 10.1 Å². The summed E-state index contributed by atoms with van der Waals surface area (Å²) in [6, 6.07) is 5.65. The number of thiocarbonyl (C=S) groups is 1. The number of fused-ring (bicyclic) bond motifs is 2. The van der Waals surface area contributed by atoms with Gasteiger partial charge in [-0.05, 0) is 12.2 Å². The molecule has 0 bridgehead atoms. The number of benzene rings is 2. The van der Waals surface area contributed by atoms with E-state index < -0.39 is 60.0 Å². The molecular weight excluding hydrogens is 384 g/mol. The van der Waals surface area contributed by atoms with Crippen molar-refractivity contribution in [3.63, 3.8) is 0 Å². The molecule has 0 aromatic heterocycles. The fraction of sp³-hybridized carbons (Fsp3) is 0. The summed E-state index contributed by atoms with van der Waals surface area (Å²) in [5.41, 5.74) is 3.43. The Morgan fingerprint density at radius 2 is 1.50 bits per heavy atom. The second-order valence-corrected chi connectivity index (χ2v) is 7.12. The largest absolute Gasteiger partial charge is 0.506 e. The van der Waals surface area contributed by atoms with E-state index in [0.717, 1.165) is 0 Å². The minimum Gasteiger partial charge on any atom is -0.506 e. The van der Waals surface area contributed by atoms with Gasteiger partial charge in [-0.1, -0.05) is 24.3 Å². The van der Waals surface area contributed by atoms with Crippen molar-refractivity contribution in [1.82, 2.24) is 0 Å². The van der Waals surface area contributed by atoms with Crippen LogP contribution in [0, 0.1) is 0 Å². The predicted molar refractivity (Wildman–Crippen MR) is 93.3 cm³/mol.